The SMILES string of the molecule is CC(C)(C)CCCCCC(=O)Nc1ccc(CCC(C)(C)C)cc1. The van der Waals surface area contributed by atoms with Gasteiger partial charge in [-0.15, -0.1) is 0 Å². The number of unbranched alkanes of at least 4 members (excludes halogenated alkanes) is 2. The zero-order valence-corrected chi connectivity index (χ0v) is 16.7. The summed E-state index contributed by atoms with van der Waals surface area (Å²) in [6.07, 6.45) is 7.43. The molecule has 0 heterocycles. The van der Waals surface area contributed by atoms with Gasteiger partial charge >= 0.3 is 0 Å². The van der Waals surface area contributed by atoms with Crippen molar-refractivity contribution < 1.29 is 4.79 Å². The van der Waals surface area contributed by atoms with Crippen LogP contribution in [0.2, 0.25) is 0 Å². The highest BCUT2D eigenvalue weighted by Gasteiger charge is 2.11. The molecule has 1 rings (SSSR count). The van der Waals surface area contributed by atoms with Crippen LogP contribution in [0.15, 0.2) is 24.3 Å². The van der Waals surface area contributed by atoms with Crippen LogP contribution >= 0.6 is 0 Å². The Hall–Kier alpha value is -1.31. The molecule has 1 N–H and O–H groups in total. The summed E-state index contributed by atoms with van der Waals surface area (Å²) in [5, 5.41) is 3.01. The van der Waals surface area contributed by atoms with Crippen LogP contribution in [-0.4, -0.2) is 5.91 Å². The van der Waals surface area contributed by atoms with Crippen molar-refractivity contribution >= 4 is 11.6 Å². The summed E-state index contributed by atoms with van der Waals surface area (Å²) in [4.78, 5) is 12.0. The van der Waals surface area contributed by atoms with Crippen LogP contribution in [0.3, 0.4) is 0 Å². The normalized spacial score (nSPS) is 12.2. The van der Waals surface area contributed by atoms with Crippen LogP contribution in [0.5, 0.6) is 0 Å². The largest absolute Gasteiger partial charge is 0.326 e. The molecule has 0 saturated heterocycles. The summed E-state index contributed by atoms with van der Waals surface area (Å²) in [5.41, 5.74) is 3.01. The quantitative estimate of drug-likeness (QED) is 0.534. The fourth-order valence-corrected chi connectivity index (χ4v) is 2.62. The number of nitrogens with one attached hydrogen (secondary N) is 1. The number of carbonyl (C=O) groups is 1. The third kappa shape index (κ3) is 10.5. The van der Waals surface area contributed by atoms with Crippen molar-refractivity contribution in [2.24, 2.45) is 10.8 Å². The van der Waals surface area contributed by atoms with Gasteiger partial charge in [-0.3, -0.25) is 4.79 Å². The van der Waals surface area contributed by atoms with Gasteiger partial charge in [-0.1, -0.05) is 66.5 Å². The van der Waals surface area contributed by atoms with E-state index in [-0.39, 0.29) is 5.91 Å². The molecule has 0 aliphatic rings. The molecular weight excluding hydrogens is 294 g/mol. The molecule has 0 bridgehead atoms. The van der Waals surface area contributed by atoms with E-state index in [9.17, 15) is 4.79 Å². The third-order valence-corrected chi connectivity index (χ3v) is 4.23. The number of carbonyl (C=O) groups excluding carboxylic acids is 1. The number of aryl methyl sites for hydroxylation is 1. The summed E-state index contributed by atoms with van der Waals surface area (Å²) >= 11 is 0. The Bertz CT molecular complexity index is 488. The van der Waals surface area contributed by atoms with Gasteiger partial charge in [0, 0.05) is 12.1 Å². The molecular formula is C22H37NO. The highest BCUT2D eigenvalue weighted by molar-refractivity contribution is 5.90. The molecule has 136 valence electrons. The van der Waals surface area contributed by atoms with Gasteiger partial charge in [-0.25, -0.2) is 0 Å². The van der Waals surface area contributed by atoms with E-state index >= 15 is 0 Å². The van der Waals surface area contributed by atoms with Crippen LogP contribution in [0.25, 0.3) is 0 Å². The highest BCUT2D eigenvalue weighted by Crippen LogP contribution is 2.23. The minimum atomic E-state index is 0.133. The summed E-state index contributed by atoms with van der Waals surface area (Å²) in [7, 11) is 0. The average Bonchev–Trinajstić information content (AvgIpc) is 2.44. The predicted octanol–water partition coefficient (Wildman–Crippen LogP) is 6.60. The van der Waals surface area contributed by atoms with E-state index in [1.165, 1.54) is 24.8 Å². The molecule has 0 atom stereocenters. The predicted molar refractivity (Wildman–Crippen MR) is 105 cm³/mol. The number of hydrogen-bond acceptors (Lipinski definition) is 1. The summed E-state index contributed by atoms with van der Waals surface area (Å²) in [6.45, 7) is 13.6. The Morgan fingerprint density at radius 3 is 1.96 bits per heavy atom. The first-order valence-electron chi connectivity index (χ1n) is 9.44. The van der Waals surface area contributed by atoms with E-state index in [1.54, 1.807) is 0 Å². The van der Waals surface area contributed by atoms with Crippen LogP contribution in [-0.2, 0) is 11.2 Å². The molecule has 1 amide bonds. The standard InChI is InChI=1S/C22H37NO/c1-21(2,3)16-9-7-8-10-20(24)23-19-13-11-18(12-14-19)15-17-22(4,5)6/h11-14H,7-10,15-17H2,1-6H3,(H,23,24). The van der Waals surface area contributed by atoms with Gasteiger partial charge in [0.05, 0.1) is 0 Å². The number of benzene rings is 1. The highest BCUT2D eigenvalue weighted by atomic mass is 16.1. The van der Waals surface area contributed by atoms with E-state index in [2.05, 4.69) is 59.0 Å². The monoisotopic (exact) mass is 331 g/mol. The zero-order chi connectivity index (χ0) is 18.2. The maximum Gasteiger partial charge on any atom is 0.224 e. The van der Waals surface area contributed by atoms with E-state index in [1.807, 2.05) is 12.1 Å². The minimum absolute atomic E-state index is 0.133. The lowest BCUT2D eigenvalue weighted by Gasteiger charge is -2.17. The molecule has 0 spiro atoms. The van der Waals surface area contributed by atoms with Crippen molar-refractivity contribution in [2.75, 3.05) is 5.32 Å². The van der Waals surface area contributed by atoms with E-state index in [0.717, 1.165) is 24.9 Å². The van der Waals surface area contributed by atoms with Crippen LogP contribution in [0.1, 0.15) is 85.6 Å². The molecule has 0 aliphatic carbocycles. The van der Waals surface area contributed by atoms with Crippen molar-refractivity contribution in [2.45, 2.75) is 86.5 Å². The lowest BCUT2D eigenvalue weighted by atomic mass is 9.89. The molecule has 0 saturated carbocycles. The Morgan fingerprint density at radius 2 is 1.42 bits per heavy atom. The lowest BCUT2D eigenvalue weighted by Crippen LogP contribution is -2.11. The number of rotatable bonds is 8. The molecule has 0 radical (unpaired) electrons. The molecule has 24 heavy (non-hydrogen) atoms. The molecule has 1 aromatic carbocycles. The van der Waals surface area contributed by atoms with Gasteiger partial charge in [0.25, 0.3) is 0 Å². The molecule has 0 unspecified atom stereocenters. The maximum atomic E-state index is 12.0. The first-order chi connectivity index (χ1) is 11.1. The Balaban J connectivity index is 2.27. The van der Waals surface area contributed by atoms with Crippen molar-refractivity contribution in [1.29, 1.82) is 0 Å². The fourth-order valence-electron chi connectivity index (χ4n) is 2.62. The number of amides is 1. The van der Waals surface area contributed by atoms with Crippen molar-refractivity contribution in [3.05, 3.63) is 29.8 Å². The number of hydrogen-bond donors (Lipinski definition) is 1. The summed E-state index contributed by atoms with van der Waals surface area (Å²) < 4.78 is 0. The van der Waals surface area contributed by atoms with Crippen LogP contribution in [0.4, 0.5) is 5.69 Å². The van der Waals surface area contributed by atoms with Gasteiger partial charge in [0.1, 0.15) is 0 Å². The van der Waals surface area contributed by atoms with Crippen molar-refractivity contribution in [3.8, 4) is 0 Å². The maximum absolute atomic E-state index is 12.0. The van der Waals surface area contributed by atoms with Crippen LogP contribution < -0.4 is 5.32 Å². The first kappa shape index (κ1) is 20.7. The summed E-state index contributed by atoms with van der Waals surface area (Å²) in [6, 6.07) is 8.31. The smallest absolute Gasteiger partial charge is 0.224 e. The Morgan fingerprint density at radius 1 is 0.833 bits per heavy atom. The summed E-state index contributed by atoms with van der Waals surface area (Å²) in [5.74, 6) is 0.133. The second-order valence-electron chi connectivity index (χ2n) is 9.43. The molecule has 0 aromatic heterocycles. The van der Waals surface area contributed by atoms with E-state index in [4.69, 9.17) is 0 Å². The zero-order valence-electron chi connectivity index (χ0n) is 16.7. The van der Waals surface area contributed by atoms with Crippen molar-refractivity contribution in [3.63, 3.8) is 0 Å². The van der Waals surface area contributed by atoms with E-state index in [0.29, 0.717) is 17.3 Å². The molecule has 0 fully saturated rings. The Labute approximate surface area is 149 Å². The van der Waals surface area contributed by atoms with Crippen LogP contribution in [0, 0.1) is 10.8 Å². The van der Waals surface area contributed by atoms with Gasteiger partial charge in [-0.05, 0) is 54.2 Å². The topological polar surface area (TPSA) is 29.1 Å². The Kier molecular flexibility index (Phi) is 7.99. The first-order valence-corrected chi connectivity index (χ1v) is 9.44. The van der Waals surface area contributed by atoms with Gasteiger partial charge in [0.15, 0.2) is 0 Å². The molecule has 2 heteroatoms. The minimum Gasteiger partial charge on any atom is -0.326 e. The van der Waals surface area contributed by atoms with Crippen molar-refractivity contribution in [1.82, 2.24) is 0 Å². The van der Waals surface area contributed by atoms with Gasteiger partial charge in [-0.2, -0.15) is 0 Å². The lowest BCUT2D eigenvalue weighted by molar-refractivity contribution is -0.116. The molecule has 2 nitrogen and oxygen atoms in total. The fraction of sp³-hybridized carbons (Fsp3) is 0.682. The van der Waals surface area contributed by atoms with Gasteiger partial charge < -0.3 is 5.32 Å². The average molecular weight is 332 g/mol. The second-order valence-corrected chi connectivity index (χ2v) is 9.43. The number of anilines is 1. The molecule has 1 aromatic rings. The van der Waals surface area contributed by atoms with E-state index < -0.39 is 0 Å². The third-order valence-electron chi connectivity index (χ3n) is 4.23. The second kappa shape index (κ2) is 9.25. The molecule has 0 aliphatic heterocycles. The van der Waals surface area contributed by atoms with Gasteiger partial charge in [0.2, 0.25) is 5.91 Å².